The molecule has 34 heavy (non-hydrogen) atoms. The Balaban J connectivity index is 1.68. The third kappa shape index (κ3) is 4.63. The molecule has 176 valence electrons. The molecule has 4 rings (SSSR count). The van der Waals surface area contributed by atoms with Gasteiger partial charge in [-0.2, -0.15) is 5.10 Å². The summed E-state index contributed by atoms with van der Waals surface area (Å²) in [5.74, 6) is -1.67. The number of nitrogens with one attached hydrogen (secondary N) is 1. The molecule has 0 saturated carbocycles. The molecule has 0 aliphatic heterocycles. The number of pyridine rings is 1. The summed E-state index contributed by atoms with van der Waals surface area (Å²) in [5.41, 5.74) is 0.327. The van der Waals surface area contributed by atoms with Crippen LogP contribution in [-0.2, 0) is 6.54 Å². The van der Waals surface area contributed by atoms with Crippen molar-refractivity contribution >= 4 is 11.5 Å². The van der Waals surface area contributed by atoms with Gasteiger partial charge in [0.1, 0.15) is 17.4 Å². The monoisotopic (exact) mass is 470 g/mol. The fraction of sp³-hybridized carbons (Fsp3) is 0.217. The van der Waals surface area contributed by atoms with Gasteiger partial charge in [0.05, 0.1) is 32.2 Å². The summed E-state index contributed by atoms with van der Waals surface area (Å²) in [6, 6.07) is 5.62. The topological polar surface area (TPSA) is 87.0 Å². The van der Waals surface area contributed by atoms with Crippen molar-refractivity contribution < 1.29 is 22.6 Å². The van der Waals surface area contributed by atoms with Crippen molar-refractivity contribution in [2.45, 2.75) is 20.4 Å². The SMILES string of the molecule is CCOc1cc(F)c(Cn2nc(-c3ncc(OC)c(Nc4ccncc4)n3)c(F)c2C)c(F)c1. The van der Waals surface area contributed by atoms with Crippen molar-refractivity contribution in [3.05, 3.63) is 71.6 Å². The van der Waals surface area contributed by atoms with Gasteiger partial charge in [0.2, 0.25) is 0 Å². The summed E-state index contributed by atoms with van der Waals surface area (Å²) in [6.07, 6.45) is 4.58. The number of rotatable bonds is 8. The molecule has 3 heterocycles. The largest absolute Gasteiger partial charge is 0.494 e. The highest BCUT2D eigenvalue weighted by molar-refractivity contribution is 5.64. The fourth-order valence-electron chi connectivity index (χ4n) is 3.25. The van der Waals surface area contributed by atoms with E-state index in [1.54, 1.807) is 31.5 Å². The number of ether oxygens (including phenoxy) is 2. The van der Waals surface area contributed by atoms with Crippen LogP contribution in [0.15, 0.2) is 42.9 Å². The van der Waals surface area contributed by atoms with Crippen LogP contribution >= 0.6 is 0 Å². The van der Waals surface area contributed by atoms with E-state index in [9.17, 15) is 8.78 Å². The number of hydrogen-bond acceptors (Lipinski definition) is 7. The first-order valence-electron chi connectivity index (χ1n) is 10.3. The zero-order valence-electron chi connectivity index (χ0n) is 18.6. The number of nitrogens with zero attached hydrogens (tertiary/aromatic N) is 5. The number of hydrogen-bond donors (Lipinski definition) is 1. The van der Waals surface area contributed by atoms with E-state index in [0.29, 0.717) is 11.4 Å². The molecule has 0 spiro atoms. The second-order valence-corrected chi connectivity index (χ2v) is 7.18. The summed E-state index contributed by atoms with van der Waals surface area (Å²) < 4.78 is 55.7. The molecule has 0 radical (unpaired) electrons. The Morgan fingerprint density at radius 3 is 2.44 bits per heavy atom. The number of anilines is 2. The fourth-order valence-corrected chi connectivity index (χ4v) is 3.25. The Kier molecular flexibility index (Phi) is 6.62. The van der Waals surface area contributed by atoms with E-state index < -0.39 is 17.5 Å². The number of benzene rings is 1. The first-order chi connectivity index (χ1) is 16.4. The molecule has 0 saturated heterocycles. The van der Waals surface area contributed by atoms with Crippen LogP contribution in [0.3, 0.4) is 0 Å². The molecule has 0 unspecified atom stereocenters. The van der Waals surface area contributed by atoms with E-state index in [-0.39, 0.29) is 47.5 Å². The van der Waals surface area contributed by atoms with Crippen LogP contribution in [0.2, 0.25) is 0 Å². The predicted octanol–water partition coefficient (Wildman–Crippen LogP) is 4.66. The minimum absolute atomic E-state index is 0.0238. The minimum Gasteiger partial charge on any atom is -0.494 e. The van der Waals surface area contributed by atoms with Crippen LogP contribution in [0.1, 0.15) is 18.2 Å². The molecule has 0 fully saturated rings. The summed E-state index contributed by atoms with van der Waals surface area (Å²) in [4.78, 5) is 12.4. The van der Waals surface area contributed by atoms with Crippen LogP contribution in [0, 0.1) is 24.4 Å². The van der Waals surface area contributed by atoms with Crippen LogP contribution in [-0.4, -0.2) is 38.4 Å². The second-order valence-electron chi connectivity index (χ2n) is 7.18. The lowest BCUT2D eigenvalue weighted by Crippen LogP contribution is -2.09. The molecule has 1 N–H and O–H groups in total. The predicted molar refractivity (Wildman–Crippen MR) is 119 cm³/mol. The van der Waals surface area contributed by atoms with Crippen molar-refractivity contribution in [2.75, 3.05) is 19.0 Å². The standard InChI is InChI=1S/C23H21F3N6O2/c1-4-34-15-9-17(24)16(18(25)10-15)12-32-13(2)20(26)21(31-32)23-28-11-19(33-3)22(30-23)29-14-5-7-27-8-6-14/h5-11H,4,12H2,1-3H3,(H,27,28,29,30). The van der Waals surface area contributed by atoms with E-state index in [1.807, 2.05) is 0 Å². The Hall–Kier alpha value is -4.15. The summed E-state index contributed by atoms with van der Waals surface area (Å²) in [6.45, 7) is 3.10. The first-order valence-corrected chi connectivity index (χ1v) is 10.3. The number of aromatic nitrogens is 5. The highest BCUT2D eigenvalue weighted by Crippen LogP contribution is 2.29. The van der Waals surface area contributed by atoms with Crippen LogP contribution in [0.4, 0.5) is 24.7 Å². The van der Waals surface area contributed by atoms with Gasteiger partial charge in [0, 0.05) is 35.8 Å². The lowest BCUT2D eigenvalue weighted by molar-refractivity contribution is 0.335. The van der Waals surface area contributed by atoms with Crippen molar-refractivity contribution in [3.63, 3.8) is 0 Å². The molecule has 0 amide bonds. The highest BCUT2D eigenvalue weighted by Gasteiger charge is 2.22. The number of methoxy groups -OCH3 is 1. The summed E-state index contributed by atoms with van der Waals surface area (Å²) in [7, 11) is 1.45. The lowest BCUT2D eigenvalue weighted by Gasteiger charge is -2.10. The van der Waals surface area contributed by atoms with E-state index >= 15 is 4.39 Å². The maximum atomic E-state index is 15.1. The Bertz CT molecular complexity index is 1290. The molecule has 0 aliphatic carbocycles. The van der Waals surface area contributed by atoms with Crippen molar-refractivity contribution in [3.8, 4) is 23.0 Å². The molecule has 3 aromatic heterocycles. The van der Waals surface area contributed by atoms with Crippen molar-refractivity contribution in [1.82, 2.24) is 24.7 Å². The third-order valence-electron chi connectivity index (χ3n) is 5.00. The van der Waals surface area contributed by atoms with E-state index in [4.69, 9.17) is 9.47 Å². The van der Waals surface area contributed by atoms with Gasteiger partial charge in [0.25, 0.3) is 0 Å². The van der Waals surface area contributed by atoms with Crippen LogP contribution in [0.25, 0.3) is 11.5 Å². The van der Waals surface area contributed by atoms with Gasteiger partial charge in [0.15, 0.2) is 28.9 Å². The van der Waals surface area contributed by atoms with Gasteiger partial charge in [-0.3, -0.25) is 9.67 Å². The molecular weight excluding hydrogens is 449 g/mol. The molecule has 11 heteroatoms. The number of halogens is 3. The molecule has 4 aromatic rings. The highest BCUT2D eigenvalue weighted by atomic mass is 19.1. The molecule has 1 aromatic carbocycles. The Morgan fingerprint density at radius 1 is 1.09 bits per heavy atom. The Morgan fingerprint density at radius 2 is 1.79 bits per heavy atom. The average Bonchev–Trinajstić information content (AvgIpc) is 3.11. The van der Waals surface area contributed by atoms with E-state index in [1.165, 1.54) is 20.2 Å². The van der Waals surface area contributed by atoms with E-state index in [2.05, 4.69) is 25.4 Å². The van der Waals surface area contributed by atoms with Gasteiger partial charge in [-0.25, -0.2) is 23.1 Å². The molecular formula is C23H21F3N6O2. The summed E-state index contributed by atoms with van der Waals surface area (Å²) >= 11 is 0. The smallest absolute Gasteiger partial charge is 0.185 e. The maximum Gasteiger partial charge on any atom is 0.185 e. The zero-order valence-corrected chi connectivity index (χ0v) is 18.6. The molecule has 0 bridgehead atoms. The van der Waals surface area contributed by atoms with Crippen molar-refractivity contribution in [2.24, 2.45) is 0 Å². The zero-order chi connectivity index (χ0) is 24.2. The summed E-state index contributed by atoms with van der Waals surface area (Å²) in [5, 5.41) is 7.25. The first kappa shape index (κ1) is 23.0. The maximum absolute atomic E-state index is 15.1. The lowest BCUT2D eigenvalue weighted by atomic mass is 10.2. The molecule has 0 aliphatic rings. The molecule has 8 nitrogen and oxygen atoms in total. The van der Waals surface area contributed by atoms with Gasteiger partial charge < -0.3 is 14.8 Å². The van der Waals surface area contributed by atoms with Gasteiger partial charge in [-0.1, -0.05) is 0 Å². The quantitative estimate of drug-likeness (QED) is 0.401. The Labute approximate surface area is 193 Å². The van der Waals surface area contributed by atoms with Crippen molar-refractivity contribution in [1.29, 1.82) is 0 Å². The van der Waals surface area contributed by atoms with Gasteiger partial charge >= 0.3 is 0 Å². The van der Waals surface area contributed by atoms with E-state index in [0.717, 1.165) is 16.8 Å². The normalized spacial score (nSPS) is 10.9. The third-order valence-corrected chi connectivity index (χ3v) is 5.00. The van der Waals surface area contributed by atoms with Gasteiger partial charge in [-0.05, 0) is 26.0 Å². The molecule has 0 atom stereocenters. The minimum atomic E-state index is -0.815. The average molecular weight is 470 g/mol. The van der Waals surface area contributed by atoms with Crippen LogP contribution in [0.5, 0.6) is 11.5 Å². The van der Waals surface area contributed by atoms with Gasteiger partial charge in [-0.15, -0.1) is 0 Å². The second kappa shape index (κ2) is 9.77. The van der Waals surface area contributed by atoms with Crippen LogP contribution < -0.4 is 14.8 Å².